The highest BCUT2D eigenvalue weighted by atomic mass is 32.2. The zero-order valence-electron chi connectivity index (χ0n) is 5.99. The lowest BCUT2D eigenvalue weighted by molar-refractivity contribution is 0.684. The van der Waals surface area contributed by atoms with Gasteiger partial charge in [0.05, 0.1) is 16.7 Å². The zero-order chi connectivity index (χ0) is 8.27. The average Bonchev–Trinajstić information content (AvgIpc) is 1.85. The predicted octanol–water partition coefficient (Wildman–Crippen LogP) is 0.391. The van der Waals surface area contributed by atoms with Gasteiger partial charge >= 0.3 is 0 Å². The summed E-state index contributed by atoms with van der Waals surface area (Å²) in [4.78, 5) is 0. The Bertz CT molecular complexity index is 275. The largest absolute Gasteiger partial charge is 0.399 e. The average molecular weight is 170 g/mol. The maximum atomic E-state index is 10.6. The number of anilines is 1. The fourth-order valence-corrected chi connectivity index (χ4v) is 1.36. The second kappa shape index (κ2) is 3.50. The summed E-state index contributed by atoms with van der Waals surface area (Å²) >= 11 is 0. The monoisotopic (exact) mass is 170 g/mol. The molecule has 0 saturated carbocycles. The van der Waals surface area contributed by atoms with E-state index in [1.54, 1.807) is 12.1 Å². The van der Waals surface area contributed by atoms with Crippen molar-refractivity contribution < 1.29 is 4.21 Å². The summed E-state index contributed by atoms with van der Waals surface area (Å²) in [6, 6.07) is 7.21. The fraction of sp³-hybridized carbons (Fsp3) is 0.143. The van der Waals surface area contributed by atoms with Gasteiger partial charge in [-0.3, -0.25) is 5.14 Å². The molecule has 60 valence electrons. The molecule has 0 fully saturated rings. The van der Waals surface area contributed by atoms with E-state index in [1.807, 2.05) is 12.1 Å². The van der Waals surface area contributed by atoms with Crippen LogP contribution >= 0.6 is 0 Å². The molecule has 0 heterocycles. The van der Waals surface area contributed by atoms with Crippen molar-refractivity contribution in [3.8, 4) is 0 Å². The first-order valence-corrected chi connectivity index (χ1v) is 4.54. The molecular formula is C7H10N2OS. The van der Waals surface area contributed by atoms with E-state index in [0.717, 1.165) is 5.56 Å². The van der Waals surface area contributed by atoms with E-state index in [2.05, 4.69) is 0 Å². The lowest BCUT2D eigenvalue weighted by Crippen LogP contribution is -2.05. The van der Waals surface area contributed by atoms with Crippen molar-refractivity contribution in [1.29, 1.82) is 0 Å². The molecule has 4 N–H and O–H groups in total. The summed E-state index contributed by atoms with van der Waals surface area (Å²) in [5.74, 6) is 0.366. The Balaban J connectivity index is 2.79. The van der Waals surface area contributed by atoms with Crippen LogP contribution in [0.5, 0.6) is 0 Å². The third-order valence-electron chi connectivity index (χ3n) is 1.26. The van der Waals surface area contributed by atoms with E-state index in [9.17, 15) is 4.21 Å². The molecule has 1 unspecified atom stereocenters. The number of rotatable bonds is 2. The van der Waals surface area contributed by atoms with Crippen molar-refractivity contribution >= 4 is 16.7 Å². The highest BCUT2D eigenvalue weighted by Gasteiger charge is 1.95. The lowest BCUT2D eigenvalue weighted by Gasteiger charge is -1.98. The molecule has 0 bridgehead atoms. The predicted molar refractivity (Wildman–Crippen MR) is 46.9 cm³/mol. The number of hydrogen-bond donors (Lipinski definition) is 2. The van der Waals surface area contributed by atoms with Gasteiger partial charge in [0.1, 0.15) is 0 Å². The molecule has 1 rings (SSSR count). The summed E-state index contributed by atoms with van der Waals surface area (Å²) in [5, 5.41) is 5.11. The summed E-state index contributed by atoms with van der Waals surface area (Å²) < 4.78 is 10.6. The van der Waals surface area contributed by atoms with Crippen molar-refractivity contribution in [2.24, 2.45) is 5.14 Å². The van der Waals surface area contributed by atoms with E-state index < -0.39 is 11.0 Å². The summed E-state index contributed by atoms with van der Waals surface area (Å²) in [6.45, 7) is 0. The van der Waals surface area contributed by atoms with Crippen LogP contribution in [0.3, 0.4) is 0 Å². The highest BCUT2D eigenvalue weighted by molar-refractivity contribution is 7.81. The van der Waals surface area contributed by atoms with Crippen molar-refractivity contribution in [3.63, 3.8) is 0 Å². The standard InChI is InChI=1S/C7H10N2OS/c8-7-3-1-2-6(4-7)5-11(9)10/h1-4H,5,8-9H2. The molecule has 0 aromatic heterocycles. The third kappa shape index (κ3) is 2.69. The molecule has 0 aliphatic rings. The fourth-order valence-electron chi connectivity index (χ4n) is 0.847. The Morgan fingerprint density at radius 1 is 1.45 bits per heavy atom. The van der Waals surface area contributed by atoms with Crippen molar-refractivity contribution in [1.82, 2.24) is 0 Å². The molecule has 11 heavy (non-hydrogen) atoms. The minimum absolute atomic E-state index is 0.366. The van der Waals surface area contributed by atoms with E-state index >= 15 is 0 Å². The van der Waals surface area contributed by atoms with Crippen LogP contribution in [0.15, 0.2) is 24.3 Å². The molecule has 0 amide bonds. The topological polar surface area (TPSA) is 69.1 Å². The molecule has 0 spiro atoms. The van der Waals surface area contributed by atoms with Gasteiger partial charge in [-0.15, -0.1) is 0 Å². The molecule has 0 aliphatic carbocycles. The van der Waals surface area contributed by atoms with Gasteiger partial charge in [0.15, 0.2) is 0 Å². The zero-order valence-corrected chi connectivity index (χ0v) is 6.80. The van der Waals surface area contributed by atoms with Gasteiger partial charge in [0.25, 0.3) is 0 Å². The van der Waals surface area contributed by atoms with Gasteiger partial charge in [0.2, 0.25) is 0 Å². The molecule has 1 aromatic rings. The summed E-state index contributed by atoms with van der Waals surface area (Å²) in [5.41, 5.74) is 7.08. The van der Waals surface area contributed by atoms with E-state index in [0.29, 0.717) is 11.4 Å². The number of nitrogen functional groups attached to an aromatic ring is 1. The maximum absolute atomic E-state index is 10.6. The molecule has 0 aliphatic heterocycles. The molecule has 1 aromatic carbocycles. The van der Waals surface area contributed by atoms with Gasteiger partial charge < -0.3 is 5.73 Å². The lowest BCUT2D eigenvalue weighted by atomic mass is 10.2. The first-order chi connectivity index (χ1) is 5.18. The first kappa shape index (κ1) is 8.23. The number of benzene rings is 1. The normalized spacial score (nSPS) is 12.8. The van der Waals surface area contributed by atoms with Crippen LogP contribution in [-0.4, -0.2) is 4.21 Å². The Labute approximate surface area is 68.0 Å². The van der Waals surface area contributed by atoms with E-state index in [1.165, 1.54) is 0 Å². The highest BCUT2D eigenvalue weighted by Crippen LogP contribution is 2.07. The van der Waals surface area contributed by atoms with Crippen LogP contribution in [0.4, 0.5) is 5.69 Å². The van der Waals surface area contributed by atoms with Crippen LogP contribution in [0.2, 0.25) is 0 Å². The minimum atomic E-state index is -1.28. The molecule has 3 nitrogen and oxygen atoms in total. The first-order valence-electron chi connectivity index (χ1n) is 3.15. The van der Waals surface area contributed by atoms with Crippen molar-refractivity contribution in [3.05, 3.63) is 29.8 Å². The van der Waals surface area contributed by atoms with Gasteiger partial charge in [-0.1, -0.05) is 12.1 Å². The maximum Gasteiger partial charge on any atom is 0.0933 e. The van der Waals surface area contributed by atoms with Crippen molar-refractivity contribution in [2.45, 2.75) is 5.75 Å². The second-order valence-electron chi connectivity index (χ2n) is 2.27. The van der Waals surface area contributed by atoms with Gasteiger partial charge in [0, 0.05) is 5.69 Å². The number of hydrogen-bond acceptors (Lipinski definition) is 2. The van der Waals surface area contributed by atoms with Gasteiger partial charge in [-0.05, 0) is 17.7 Å². The van der Waals surface area contributed by atoms with Crippen LogP contribution in [0.25, 0.3) is 0 Å². The Kier molecular flexibility index (Phi) is 2.62. The third-order valence-corrected chi connectivity index (χ3v) is 1.88. The Hall–Kier alpha value is -0.870. The van der Waals surface area contributed by atoms with Crippen LogP contribution in [0, 0.1) is 0 Å². The summed E-state index contributed by atoms with van der Waals surface area (Å²) in [7, 11) is -1.28. The Morgan fingerprint density at radius 2 is 2.18 bits per heavy atom. The SMILES string of the molecule is Nc1cccc(CS(N)=O)c1. The molecule has 0 saturated heterocycles. The van der Waals surface area contributed by atoms with Crippen LogP contribution in [0.1, 0.15) is 5.56 Å². The van der Waals surface area contributed by atoms with Crippen LogP contribution in [-0.2, 0) is 16.7 Å². The van der Waals surface area contributed by atoms with E-state index in [-0.39, 0.29) is 0 Å². The van der Waals surface area contributed by atoms with Crippen molar-refractivity contribution in [2.75, 3.05) is 5.73 Å². The molecular weight excluding hydrogens is 160 g/mol. The van der Waals surface area contributed by atoms with E-state index in [4.69, 9.17) is 10.9 Å². The number of nitrogens with two attached hydrogens (primary N) is 2. The van der Waals surface area contributed by atoms with Crippen LogP contribution < -0.4 is 10.9 Å². The Morgan fingerprint density at radius 3 is 2.73 bits per heavy atom. The quantitative estimate of drug-likeness (QED) is 0.630. The minimum Gasteiger partial charge on any atom is -0.399 e. The smallest absolute Gasteiger partial charge is 0.0933 e. The second-order valence-corrected chi connectivity index (χ2v) is 3.32. The molecule has 0 radical (unpaired) electrons. The van der Waals surface area contributed by atoms with Gasteiger partial charge in [-0.25, -0.2) is 4.21 Å². The van der Waals surface area contributed by atoms with Gasteiger partial charge in [-0.2, -0.15) is 0 Å². The molecule has 1 atom stereocenters. The summed E-state index contributed by atoms with van der Waals surface area (Å²) in [6.07, 6.45) is 0. The molecule has 4 heteroatoms.